The van der Waals surface area contributed by atoms with E-state index in [9.17, 15) is 24.6 Å². The molecule has 0 saturated carbocycles. The highest BCUT2D eigenvalue weighted by Gasteiger charge is 2.55. The monoisotopic (exact) mass is 608 g/mol. The van der Waals surface area contributed by atoms with E-state index in [2.05, 4.69) is 10.3 Å². The quantitative estimate of drug-likeness (QED) is 0.415. The smallest absolute Gasteiger partial charge is 0.408 e. The number of hydrogen-bond acceptors (Lipinski definition) is 8. The fourth-order valence-electron chi connectivity index (χ4n) is 6.98. The predicted molar refractivity (Wildman–Crippen MR) is 168 cm³/mol. The van der Waals surface area contributed by atoms with E-state index in [-0.39, 0.29) is 29.8 Å². The van der Waals surface area contributed by atoms with Crippen LogP contribution in [0.5, 0.6) is 0 Å². The van der Waals surface area contributed by atoms with Crippen LogP contribution in [0.1, 0.15) is 73.3 Å². The van der Waals surface area contributed by atoms with Crippen molar-refractivity contribution in [3.8, 4) is 0 Å². The lowest BCUT2D eigenvalue weighted by Crippen LogP contribution is -2.57. The normalized spacial score (nSPS) is 36.5. The summed E-state index contributed by atoms with van der Waals surface area (Å²) in [5.41, 5.74) is 0.451. The molecule has 44 heavy (non-hydrogen) atoms. The molecule has 9 heteroatoms. The number of ketones is 2. The van der Waals surface area contributed by atoms with Crippen LogP contribution in [0, 0.1) is 35.5 Å². The zero-order chi connectivity index (χ0) is 32.3. The summed E-state index contributed by atoms with van der Waals surface area (Å²) < 4.78 is 11.8. The molecule has 11 atom stereocenters. The molecule has 1 aromatic carbocycles. The first-order valence-corrected chi connectivity index (χ1v) is 15.9. The number of aromatic nitrogens is 1. The number of benzene rings is 1. The van der Waals surface area contributed by atoms with Gasteiger partial charge >= 0.3 is 6.09 Å². The van der Waals surface area contributed by atoms with Gasteiger partial charge in [0.1, 0.15) is 17.7 Å². The van der Waals surface area contributed by atoms with Gasteiger partial charge in [0.25, 0.3) is 0 Å². The summed E-state index contributed by atoms with van der Waals surface area (Å²) in [7, 11) is 0. The first kappa shape index (κ1) is 33.7. The number of amides is 1. The molecule has 0 spiro atoms. The summed E-state index contributed by atoms with van der Waals surface area (Å²) in [4.78, 5) is 44.8. The van der Waals surface area contributed by atoms with E-state index in [1.165, 1.54) is 0 Å². The standard InChI is InChI=1S/C35H48N2O7/c1-8-29-35(7)32(37-34(42)44-35)22(5)31(40)26(15-19(2)20(3)21(4)30(39)23(6)33(41)43-29)17-27(38)14-13-24-16-25-11-9-10-12-28(25)36-18-24/h9-14,16,18-23,26-27,29,32-33,38,41H,8,15,17H2,1-7H3,(H,37,42)/b14-13+/t19-,20-,21+,22-,23+,26-,27?,29+,32+,33?,35+/m0/s1. The number of Topliss-reactive ketones (excluding diaryl/α,β-unsaturated/α-hetero) is 2. The molecule has 4 rings (SSSR count). The zero-order valence-corrected chi connectivity index (χ0v) is 26.9. The lowest BCUT2D eigenvalue weighted by atomic mass is 9.71. The Balaban J connectivity index is 1.65. The van der Waals surface area contributed by atoms with Crippen LogP contribution >= 0.6 is 0 Å². The SMILES string of the molecule is CC[C@H]1OC(O)[C@H](C)C(=O)[C@H](C)[C@@H](C)[C@@H](C)C[C@@H](CC(O)/C=C/c2cnc3ccccc3c2)C(=O)[C@H](C)[C@H]2NC(=O)O[C@@]21C. The van der Waals surface area contributed by atoms with Crippen LogP contribution in [0.3, 0.4) is 0 Å². The van der Waals surface area contributed by atoms with Crippen LogP contribution in [0.25, 0.3) is 17.0 Å². The Hall–Kier alpha value is -3.14. The lowest BCUT2D eigenvalue weighted by Gasteiger charge is -2.41. The highest BCUT2D eigenvalue weighted by atomic mass is 16.6. The van der Waals surface area contributed by atoms with Crippen molar-refractivity contribution < 1.29 is 34.1 Å². The zero-order valence-electron chi connectivity index (χ0n) is 26.9. The van der Waals surface area contributed by atoms with Crippen LogP contribution in [-0.4, -0.2) is 63.0 Å². The van der Waals surface area contributed by atoms with Gasteiger partial charge in [0, 0.05) is 29.3 Å². The molecule has 2 aliphatic heterocycles. The third-order valence-electron chi connectivity index (χ3n) is 10.2. The van der Waals surface area contributed by atoms with Crippen molar-refractivity contribution in [3.63, 3.8) is 0 Å². The second kappa shape index (κ2) is 13.9. The van der Waals surface area contributed by atoms with Gasteiger partial charge in [-0.3, -0.25) is 14.6 Å². The van der Waals surface area contributed by atoms with Gasteiger partial charge in [-0.15, -0.1) is 0 Å². The number of nitrogens with zero attached hydrogens (tertiary/aromatic N) is 1. The third-order valence-corrected chi connectivity index (χ3v) is 10.2. The maximum Gasteiger partial charge on any atom is 0.408 e. The number of rotatable bonds is 5. The van der Waals surface area contributed by atoms with Gasteiger partial charge in [0.05, 0.1) is 23.6 Å². The molecule has 0 bridgehead atoms. The second-order valence-corrected chi connectivity index (χ2v) is 13.2. The van der Waals surface area contributed by atoms with Crippen LogP contribution in [0.4, 0.5) is 4.79 Å². The van der Waals surface area contributed by atoms with E-state index < -0.39 is 59.9 Å². The Morgan fingerprint density at radius 2 is 1.77 bits per heavy atom. The van der Waals surface area contributed by atoms with E-state index in [0.717, 1.165) is 16.5 Å². The molecule has 2 fully saturated rings. The van der Waals surface area contributed by atoms with Gasteiger partial charge in [-0.25, -0.2) is 4.79 Å². The molecule has 9 nitrogen and oxygen atoms in total. The average molecular weight is 609 g/mol. The Labute approximate surface area is 260 Å². The molecule has 1 amide bonds. The van der Waals surface area contributed by atoms with Crippen molar-refractivity contribution in [1.29, 1.82) is 0 Å². The van der Waals surface area contributed by atoms with E-state index in [4.69, 9.17) is 9.47 Å². The minimum atomic E-state index is -1.39. The van der Waals surface area contributed by atoms with Crippen molar-refractivity contribution in [1.82, 2.24) is 10.3 Å². The first-order chi connectivity index (χ1) is 20.8. The number of alkyl carbamates (subject to hydrolysis) is 1. The van der Waals surface area contributed by atoms with Gasteiger partial charge in [0.2, 0.25) is 0 Å². The van der Waals surface area contributed by atoms with E-state index >= 15 is 0 Å². The van der Waals surface area contributed by atoms with E-state index in [1.807, 2.05) is 64.1 Å². The number of hydrogen-bond donors (Lipinski definition) is 3. The fourth-order valence-corrected chi connectivity index (χ4v) is 6.98. The highest BCUT2D eigenvalue weighted by molar-refractivity contribution is 5.86. The number of aliphatic hydroxyl groups is 2. The van der Waals surface area contributed by atoms with Crippen LogP contribution < -0.4 is 5.32 Å². The number of fused-ring (bicyclic) bond motifs is 2. The van der Waals surface area contributed by atoms with E-state index in [0.29, 0.717) is 12.8 Å². The summed E-state index contributed by atoms with van der Waals surface area (Å²) in [5.74, 6) is -2.79. The maximum atomic E-state index is 14.3. The van der Waals surface area contributed by atoms with Gasteiger partial charge in [-0.05, 0) is 55.7 Å². The number of carbonyl (C=O) groups is 3. The summed E-state index contributed by atoms with van der Waals surface area (Å²) >= 11 is 0. The maximum absolute atomic E-state index is 14.3. The van der Waals surface area contributed by atoms with Crippen molar-refractivity contribution in [2.24, 2.45) is 35.5 Å². The summed E-state index contributed by atoms with van der Waals surface area (Å²) in [6.45, 7) is 12.8. The van der Waals surface area contributed by atoms with Crippen molar-refractivity contribution in [2.75, 3.05) is 0 Å². The summed E-state index contributed by atoms with van der Waals surface area (Å²) in [5, 5.41) is 25.9. The van der Waals surface area contributed by atoms with Gasteiger partial charge in [-0.2, -0.15) is 0 Å². The minimum Gasteiger partial charge on any atom is -0.438 e. The largest absolute Gasteiger partial charge is 0.438 e. The van der Waals surface area contributed by atoms with Gasteiger partial charge in [-0.1, -0.05) is 71.9 Å². The molecule has 1 aromatic heterocycles. The molecule has 2 aromatic rings. The Morgan fingerprint density at radius 1 is 1.07 bits per heavy atom. The number of para-hydroxylation sites is 1. The number of aliphatic hydroxyl groups excluding tert-OH is 2. The molecule has 240 valence electrons. The summed E-state index contributed by atoms with van der Waals surface area (Å²) in [6.07, 6.45) is 2.51. The Bertz CT molecular complexity index is 1380. The molecular weight excluding hydrogens is 560 g/mol. The van der Waals surface area contributed by atoms with Gasteiger partial charge in [0.15, 0.2) is 11.9 Å². The van der Waals surface area contributed by atoms with Crippen LogP contribution in [0.15, 0.2) is 42.6 Å². The van der Waals surface area contributed by atoms with Crippen molar-refractivity contribution in [3.05, 3.63) is 48.2 Å². The molecule has 2 unspecified atom stereocenters. The predicted octanol–water partition coefficient (Wildman–Crippen LogP) is 5.32. The molecule has 3 N–H and O–H groups in total. The van der Waals surface area contributed by atoms with Gasteiger partial charge < -0.3 is 25.0 Å². The molecular formula is C35H48N2O7. The number of nitrogens with one attached hydrogen (secondary N) is 1. The molecule has 2 saturated heterocycles. The Kier molecular flexibility index (Phi) is 10.6. The highest BCUT2D eigenvalue weighted by Crippen LogP contribution is 2.39. The number of carbonyl (C=O) groups excluding carboxylic acids is 3. The molecule has 2 aliphatic rings. The topological polar surface area (TPSA) is 135 Å². The number of pyridine rings is 1. The second-order valence-electron chi connectivity index (χ2n) is 13.2. The average Bonchev–Trinajstić information content (AvgIpc) is 3.33. The molecule has 3 heterocycles. The lowest BCUT2D eigenvalue weighted by molar-refractivity contribution is -0.210. The summed E-state index contributed by atoms with van der Waals surface area (Å²) in [6, 6.07) is 9.06. The minimum absolute atomic E-state index is 0.0478. The Morgan fingerprint density at radius 3 is 2.48 bits per heavy atom. The van der Waals surface area contributed by atoms with Crippen molar-refractivity contribution >= 4 is 34.6 Å². The van der Waals surface area contributed by atoms with Crippen LogP contribution in [-0.2, 0) is 19.1 Å². The van der Waals surface area contributed by atoms with Crippen molar-refractivity contribution in [2.45, 2.75) is 97.9 Å². The molecule has 0 aliphatic carbocycles. The molecule has 0 radical (unpaired) electrons. The first-order valence-electron chi connectivity index (χ1n) is 15.9. The fraction of sp³-hybridized carbons (Fsp3) is 0.600. The third kappa shape index (κ3) is 7.05. The number of ether oxygens (including phenoxy) is 2. The van der Waals surface area contributed by atoms with Crippen LogP contribution in [0.2, 0.25) is 0 Å². The van der Waals surface area contributed by atoms with E-state index in [1.54, 1.807) is 33.0 Å².